The Morgan fingerprint density at radius 1 is 1.05 bits per heavy atom. The maximum atomic E-state index is 13.3. The highest BCUT2D eigenvalue weighted by atomic mass is 35.5. The molecule has 102 valence electrons. The summed E-state index contributed by atoms with van der Waals surface area (Å²) in [7, 11) is 0. The molecule has 0 radical (unpaired) electrons. The molecular weight excluding hydrogens is 286 g/mol. The number of benzene rings is 1. The molecule has 3 rings (SSSR count). The van der Waals surface area contributed by atoms with Crippen molar-refractivity contribution in [2.75, 3.05) is 0 Å². The van der Waals surface area contributed by atoms with Crippen LogP contribution in [0.4, 0.5) is 8.78 Å². The van der Waals surface area contributed by atoms with Crippen LogP contribution in [0.15, 0.2) is 18.2 Å². The summed E-state index contributed by atoms with van der Waals surface area (Å²) in [5.74, 6) is -1.56. The molecule has 7 heteroatoms. The zero-order chi connectivity index (χ0) is 14.4. The van der Waals surface area contributed by atoms with Crippen LogP contribution in [0.2, 0.25) is 5.15 Å². The summed E-state index contributed by atoms with van der Waals surface area (Å²) in [6, 6.07) is 3.50. The summed E-state index contributed by atoms with van der Waals surface area (Å²) in [6.07, 6.45) is 0. The predicted molar refractivity (Wildman–Crippen MR) is 70.6 cm³/mol. The number of hydrogen-bond acceptors (Lipinski definition) is 3. The number of nitrogens with zero attached hydrogens (tertiary/aromatic N) is 4. The van der Waals surface area contributed by atoms with E-state index in [9.17, 15) is 8.78 Å². The van der Waals surface area contributed by atoms with Gasteiger partial charge in [-0.25, -0.2) is 8.78 Å². The minimum absolute atomic E-state index is 0.309. The number of aromatic nitrogens is 4. The van der Waals surface area contributed by atoms with Gasteiger partial charge in [0.05, 0.1) is 0 Å². The zero-order valence-electron chi connectivity index (χ0n) is 10.7. The Bertz CT molecular complexity index is 829. The lowest BCUT2D eigenvalue weighted by Crippen LogP contribution is -2.00. The lowest BCUT2D eigenvalue weighted by Gasteiger charge is -2.05. The Kier molecular flexibility index (Phi) is 2.90. The third-order valence-corrected chi connectivity index (χ3v) is 3.57. The maximum absolute atomic E-state index is 13.3. The molecule has 0 aliphatic heterocycles. The van der Waals surface area contributed by atoms with Crippen molar-refractivity contribution in [3.8, 4) is 11.4 Å². The van der Waals surface area contributed by atoms with Gasteiger partial charge in [-0.05, 0) is 37.6 Å². The summed E-state index contributed by atoms with van der Waals surface area (Å²) in [6.45, 7) is 3.68. The molecule has 0 amide bonds. The quantitative estimate of drug-likeness (QED) is 0.691. The Hall–Kier alpha value is -2.08. The van der Waals surface area contributed by atoms with Crippen molar-refractivity contribution < 1.29 is 8.78 Å². The smallest absolute Gasteiger partial charge is 0.185 e. The summed E-state index contributed by atoms with van der Waals surface area (Å²) < 4.78 is 27.7. The number of rotatable bonds is 1. The topological polar surface area (TPSA) is 43.1 Å². The lowest BCUT2D eigenvalue weighted by molar-refractivity contribution is 0.509. The average molecular weight is 295 g/mol. The van der Waals surface area contributed by atoms with E-state index in [0.29, 0.717) is 22.2 Å². The van der Waals surface area contributed by atoms with Crippen molar-refractivity contribution >= 4 is 17.2 Å². The fourth-order valence-corrected chi connectivity index (χ4v) is 2.13. The van der Waals surface area contributed by atoms with Crippen LogP contribution in [-0.4, -0.2) is 19.8 Å². The minimum atomic E-state index is -0.950. The van der Waals surface area contributed by atoms with E-state index in [0.717, 1.165) is 23.3 Å². The molecule has 0 saturated carbocycles. The van der Waals surface area contributed by atoms with Crippen molar-refractivity contribution in [3.63, 3.8) is 0 Å². The summed E-state index contributed by atoms with van der Waals surface area (Å²) in [5, 5.41) is 12.5. The van der Waals surface area contributed by atoms with Gasteiger partial charge in [0.1, 0.15) is 0 Å². The number of halogens is 3. The molecule has 0 N–H and O–H groups in total. The first-order chi connectivity index (χ1) is 9.49. The van der Waals surface area contributed by atoms with Crippen LogP contribution in [-0.2, 0) is 0 Å². The van der Waals surface area contributed by atoms with Gasteiger partial charge in [-0.2, -0.15) is 9.61 Å². The van der Waals surface area contributed by atoms with Crippen LogP contribution in [0.5, 0.6) is 0 Å². The number of fused-ring (bicyclic) bond motifs is 1. The second-order valence-corrected chi connectivity index (χ2v) is 4.79. The molecule has 1 aromatic carbocycles. The molecule has 0 atom stereocenters. The first-order valence-corrected chi connectivity index (χ1v) is 6.20. The van der Waals surface area contributed by atoms with E-state index in [4.69, 9.17) is 11.6 Å². The summed E-state index contributed by atoms with van der Waals surface area (Å²) in [4.78, 5) is 0. The van der Waals surface area contributed by atoms with Gasteiger partial charge < -0.3 is 0 Å². The monoisotopic (exact) mass is 294 g/mol. The van der Waals surface area contributed by atoms with Crippen LogP contribution in [0.3, 0.4) is 0 Å². The molecule has 0 aliphatic carbocycles. The van der Waals surface area contributed by atoms with E-state index in [1.165, 1.54) is 10.6 Å². The highest BCUT2D eigenvalue weighted by Gasteiger charge is 2.16. The van der Waals surface area contributed by atoms with Crippen LogP contribution in [0.1, 0.15) is 11.1 Å². The molecule has 0 aliphatic rings. The molecule has 2 aromatic heterocycles. The van der Waals surface area contributed by atoms with E-state index in [1.54, 1.807) is 0 Å². The highest BCUT2D eigenvalue weighted by molar-refractivity contribution is 6.30. The van der Waals surface area contributed by atoms with Gasteiger partial charge in [0.2, 0.25) is 0 Å². The van der Waals surface area contributed by atoms with Crippen LogP contribution < -0.4 is 0 Å². The second-order valence-electron chi connectivity index (χ2n) is 4.43. The lowest BCUT2D eigenvalue weighted by atomic mass is 10.2. The third-order valence-electron chi connectivity index (χ3n) is 3.21. The highest BCUT2D eigenvalue weighted by Crippen LogP contribution is 2.24. The van der Waals surface area contributed by atoms with Crippen molar-refractivity contribution in [3.05, 3.63) is 46.1 Å². The van der Waals surface area contributed by atoms with Crippen LogP contribution in [0, 0.1) is 25.5 Å². The number of aryl methyl sites for hydroxylation is 1. The standard InChI is InChI=1S/C13H9ClF2N4/c1-6-7(2)12-17-18-13(20(12)19-11(6)14)8-3-4-9(15)10(16)5-8/h3-5H,1-2H3. The minimum Gasteiger partial charge on any atom is -0.204 e. The largest absolute Gasteiger partial charge is 0.204 e. The summed E-state index contributed by atoms with van der Waals surface area (Å²) >= 11 is 6.04. The van der Waals surface area contributed by atoms with Crippen LogP contribution in [0.25, 0.3) is 17.0 Å². The molecule has 20 heavy (non-hydrogen) atoms. The van der Waals surface area contributed by atoms with E-state index in [2.05, 4.69) is 15.3 Å². The van der Waals surface area contributed by atoms with Gasteiger partial charge in [-0.1, -0.05) is 11.6 Å². The van der Waals surface area contributed by atoms with Gasteiger partial charge in [0, 0.05) is 11.1 Å². The first-order valence-electron chi connectivity index (χ1n) is 5.82. The maximum Gasteiger partial charge on any atom is 0.185 e. The van der Waals surface area contributed by atoms with E-state index < -0.39 is 11.6 Å². The van der Waals surface area contributed by atoms with Crippen molar-refractivity contribution in [2.24, 2.45) is 0 Å². The SMILES string of the molecule is Cc1c(Cl)nn2c(-c3ccc(F)c(F)c3)nnc2c1C. The Morgan fingerprint density at radius 2 is 1.80 bits per heavy atom. The molecule has 0 unspecified atom stereocenters. The summed E-state index contributed by atoms with van der Waals surface area (Å²) in [5.41, 5.74) is 2.56. The van der Waals surface area contributed by atoms with Crippen molar-refractivity contribution in [2.45, 2.75) is 13.8 Å². The van der Waals surface area contributed by atoms with E-state index in [-0.39, 0.29) is 0 Å². The van der Waals surface area contributed by atoms with Gasteiger partial charge in [0.15, 0.2) is 28.3 Å². The zero-order valence-corrected chi connectivity index (χ0v) is 11.4. The average Bonchev–Trinajstić information content (AvgIpc) is 2.83. The van der Waals surface area contributed by atoms with Crippen molar-refractivity contribution in [1.82, 2.24) is 19.8 Å². The molecule has 2 heterocycles. The van der Waals surface area contributed by atoms with E-state index in [1.807, 2.05) is 13.8 Å². The Labute approximate surface area is 118 Å². The van der Waals surface area contributed by atoms with Gasteiger partial charge in [0.25, 0.3) is 0 Å². The predicted octanol–water partition coefficient (Wildman–Crippen LogP) is 3.34. The Morgan fingerprint density at radius 3 is 2.50 bits per heavy atom. The molecule has 0 spiro atoms. The fourth-order valence-electron chi connectivity index (χ4n) is 1.91. The molecule has 3 aromatic rings. The fraction of sp³-hybridized carbons (Fsp3) is 0.154. The van der Waals surface area contributed by atoms with Gasteiger partial charge >= 0.3 is 0 Å². The molecule has 4 nitrogen and oxygen atoms in total. The van der Waals surface area contributed by atoms with Gasteiger partial charge in [-0.15, -0.1) is 10.2 Å². The van der Waals surface area contributed by atoms with Gasteiger partial charge in [-0.3, -0.25) is 0 Å². The van der Waals surface area contributed by atoms with E-state index >= 15 is 0 Å². The number of hydrogen-bond donors (Lipinski definition) is 0. The molecule has 0 saturated heterocycles. The first kappa shape index (κ1) is 12.9. The third kappa shape index (κ3) is 1.84. The molecule has 0 bridgehead atoms. The normalized spacial score (nSPS) is 11.2. The van der Waals surface area contributed by atoms with Crippen molar-refractivity contribution in [1.29, 1.82) is 0 Å². The molecular formula is C13H9ClF2N4. The van der Waals surface area contributed by atoms with Crippen LogP contribution >= 0.6 is 11.6 Å². The second kappa shape index (κ2) is 4.49. The molecule has 0 fully saturated rings. The Balaban J connectivity index is 2.29.